The van der Waals surface area contributed by atoms with Gasteiger partial charge in [0.25, 0.3) is 0 Å². The Hall–Kier alpha value is -0.950. The van der Waals surface area contributed by atoms with E-state index in [1.807, 2.05) is 18.2 Å². The summed E-state index contributed by atoms with van der Waals surface area (Å²) in [5.74, 6) is 0. The zero-order valence-corrected chi connectivity index (χ0v) is 8.87. The molecule has 6 heteroatoms. The minimum atomic E-state index is -4.41. The van der Waals surface area contributed by atoms with Crippen molar-refractivity contribution in [3.05, 3.63) is 29.8 Å². The molecule has 0 bridgehead atoms. The van der Waals surface area contributed by atoms with Crippen LogP contribution in [0.2, 0.25) is 0 Å². The van der Waals surface area contributed by atoms with Crippen LogP contribution in [-0.2, 0) is 14.6 Å². The Morgan fingerprint density at radius 3 is 2.00 bits per heavy atom. The van der Waals surface area contributed by atoms with E-state index in [0.717, 1.165) is 12.8 Å². The fourth-order valence-electron chi connectivity index (χ4n) is 0.610. The number of hydrogen-bond acceptors (Lipinski definition) is 4. The van der Waals surface area contributed by atoms with Crippen LogP contribution >= 0.6 is 0 Å². The lowest BCUT2D eigenvalue weighted by atomic mass is 10.2. The van der Waals surface area contributed by atoms with E-state index in [-0.39, 0.29) is 0 Å². The molecular weight excluding hydrogens is 206 g/mol. The van der Waals surface area contributed by atoms with E-state index in [0.29, 0.717) is 0 Å². The first kappa shape index (κ1) is 13.1. The summed E-state index contributed by atoms with van der Waals surface area (Å²) in [5, 5.41) is 0. The van der Waals surface area contributed by atoms with E-state index < -0.39 is 10.4 Å². The molecule has 0 amide bonds. The summed E-state index contributed by atoms with van der Waals surface area (Å²) in [5.41, 5.74) is 6.20. The molecule has 0 aromatic heterocycles. The molecule has 0 radical (unpaired) electrons. The molecule has 5 nitrogen and oxygen atoms in total. The van der Waals surface area contributed by atoms with Gasteiger partial charge in [-0.25, -0.2) is 8.42 Å². The predicted octanol–water partition coefficient (Wildman–Crippen LogP) is -0.0386. The van der Waals surface area contributed by atoms with Gasteiger partial charge >= 0.3 is 0 Å². The normalized spacial score (nSPS) is 10.3. The molecule has 1 rings (SSSR count). The van der Waals surface area contributed by atoms with Gasteiger partial charge in [-0.15, -0.1) is 0 Å². The lowest BCUT2D eigenvalue weighted by Crippen LogP contribution is -2.40. The Bertz CT molecular complexity index is 354. The molecule has 0 aliphatic heterocycles. The van der Waals surface area contributed by atoms with Crippen molar-refractivity contribution in [1.29, 1.82) is 0 Å². The van der Waals surface area contributed by atoms with Gasteiger partial charge in [0, 0.05) is 5.56 Å². The summed E-state index contributed by atoms with van der Waals surface area (Å²) in [6.07, 6.45) is 0. The molecule has 0 unspecified atom stereocenters. The summed E-state index contributed by atoms with van der Waals surface area (Å²) in [4.78, 5) is 0. The Balaban J connectivity index is 0.000000255. The second-order valence-corrected chi connectivity index (χ2v) is 3.65. The molecule has 0 aliphatic carbocycles. The minimum absolute atomic E-state index is 0.808. The lowest BCUT2D eigenvalue weighted by Gasteiger charge is -1.98. The lowest BCUT2D eigenvalue weighted by molar-refractivity contribution is -0.255. The third-order valence-corrected chi connectivity index (χ3v) is 1.87. The van der Waals surface area contributed by atoms with Crippen LogP contribution in [0, 0.1) is 6.92 Å². The second-order valence-electron chi connectivity index (χ2n) is 2.50. The van der Waals surface area contributed by atoms with E-state index in [1.54, 1.807) is 0 Å². The summed E-state index contributed by atoms with van der Waals surface area (Å²) < 4.78 is 31.0. The van der Waals surface area contributed by atoms with Crippen molar-refractivity contribution < 1.29 is 22.9 Å². The largest absolute Gasteiger partial charge is 0.726 e. The molecular formula is C8H13NO4S. The molecule has 80 valence electrons. The average molecular weight is 219 g/mol. The van der Waals surface area contributed by atoms with Crippen LogP contribution in [0.4, 0.5) is 5.69 Å². The van der Waals surface area contributed by atoms with Crippen molar-refractivity contribution in [2.75, 3.05) is 7.11 Å². The van der Waals surface area contributed by atoms with Gasteiger partial charge in [0.15, 0.2) is 0 Å². The molecule has 0 heterocycles. The van der Waals surface area contributed by atoms with Crippen LogP contribution < -0.4 is 5.73 Å². The van der Waals surface area contributed by atoms with Crippen LogP contribution in [0.1, 0.15) is 5.56 Å². The van der Waals surface area contributed by atoms with Gasteiger partial charge in [-0.2, -0.15) is 0 Å². The smallest absolute Gasteiger partial charge is 0.217 e. The third-order valence-electron chi connectivity index (χ3n) is 1.47. The quantitative estimate of drug-likeness (QED) is 0.529. The topological polar surface area (TPSA) is 94.1 Å². The van der Waals surface area contributed by atoms with E-state index in [9.17, 15) is 13.0 Å². The summed E-state index contributed by atoms with van der Waals surface area (Å²) in [7, 11) is -3.60. The fraction of sp³-hybridized carbons (Fsp3) is 0.250. The van der Waals surface area contributed by atoms with Gasteiger partial charge in [-0.05, 0) is 13.0 Å². The Kier molecular flexibility index (Phi) is 5.32. The highest BCUT2D eigenvalue weighted by molar-refractivity contribution is 7.80. The monoisotopic (exact) mass is 219 g/mol. The first-order chi connectivity index (χ1) is 6.37. The molecule has 0 saturated heterocycles. The maximum absolute atomic E-state index is 9.22. The highest BCUT2D eigenvalue weighted by Crippen LogP contribution is 2.04. The highest BCUT2D eigenvalue weighted by atomic mass is 32.3. The fourth-order valence-corrected chi connectivity index (χ4v) is 0.610. The standard InChI is InChI=1S/C7H9N.CH4O4S/c1-6-4-2-3-5-7(6)8;1-5-6(2,3)4/h2-5H,8H2,1H3;1H3,(H,2,3,4). The van der Waals surface area contributed by atoms with E-state index in [1.165, 1.54) is 5.56 Å². The van der Waals surface area contributed by atoms with Crippen molar-refractivity contribution >= 4 is 16.1 Å². The maximum atomic E-state index is 9.22. The molecule has 0 spiro atoms. The SMILES string of the molecule is COS(=O)(=O)[O-].Cc1ccccc1[NH3+]. The first-order valence-electron chi connectivity index (χ1n) is 3.76. The van der Waals surface area contributed by atoms with Crippen LogP contribution in [0.5, 0.6) is 0 Å². The second kappa shape index (κ2) is 5.71. The van der Waals surface area contributed by atoms with Crippen molar-refractivity contribution in [2.45, 2.75) is 6.92 Å². The molecule has 0 fully saturated rings. The van der Waals surface area contributed by atoms with Crippen LogP contribution in [-0.4, -0.2) is 20.1 Å². The van der Waals surface area contributed by atoms with Gasteiger partial charge < -0.3 is 10.3 Å². The molecule has 0 atom stereocenters. The third kappa shape index (κ3) is 6.55. The van der Waals surface area contributed by atoms with E-state index in [2.05, 4.69) is 22.9 Å². The van der Waals surface area contributed by atoms with Gasteiger partial charge in [0.2, 0.25) is 10.4 Å². The van der Waals surface area contributed by atoms with Crippen molar-refractivity contribution in [2.24, 2.45) is 0 Å². The molecule has 0 saturated carbocycles. The average Bonchev–Trinajstić information content (AvgIpc) is 2.10. The van der Waals surface area contributed by atoms with Crippen molar-refractivity contribution in [3.63, 3.8) is 0 Å². The van der Waals surface area contributed by atoms with Crippen molar-refractivity contribution in [3.8, 4) is 0 Å². The van der Waals surface area contributed by atoms with Crippen molar-refractivity contribution in [1.82, 2.24) is 0 Å². The zero-order valence-electron chi connectivity index (χ0n) is 8.06. The zero-order chi connectivity index (χ0) is 11.2. The molecule has 14 heavy (non-hydrogen) atoms. The van der Waals surface area contributed by atoms with Crippen LogP contribution in [0.3, 0.4) is 0 Å². The Morgan fingerprint density at radius 2 is 1.79 bits per heavy atom. The molecule has 0 aliphatic rings. The molecule has 1 aromatic carbocycles. The van der Waals surface area contributed by atoms with Crippen LogP contribution in [0.25, 0.3) is 0 Å². The predicted molar refractivity (Wildman–Crippen MR) is 50.4 cm³/mol. The Labute approximate surface area is 83.5 Å². The van der Waals surface area contributed by atoms with E-state index in [4.69, 9.17) is 0 Å². The summed E-state index contributed by atoms with van der Waals surface area (Å²) >= 11 is 0. The maximum Gasteiger partial charge on any atom is 0.217 e. The number of rotatable bonds is 1. The molecule has 3 N–H and O–H groups in total. The summed E-state index contributed by atoms with van der Waals surface area (Å²) in [6, 6.07) is 8.08. The number of quaternary nitrogens is 1. The molecule has 1 aromatic rings. The van der Waals surface area contributed by atoms with E-state index >= 15 is 0 Å². The van der Waals surface area contributed by atoms with Gasteiger partial charge in [0.05, 0.1) is 7.11 Å². The summed E-state index contributed by atoms with van der Waals surface area (Å²) in [6.45, 7) is 2.06. The first-order valence-corrected chi connectivity index (χ1v) is 5.09. The van der Waals surface area contributed by atoms with Gasteiger partial charge in [-0.3, -0.25) is 4.18 Å². The number of aryl methyl sites for hydroxylation is 1. The Morgan fingerprint density at radius 1 is 1.36 bits per heavy atom. The minimum Gasteiger partial charge on any atom is -0.726 e. The number of hydrogen-bond donors (Lipinski definition) is 1. The highest BCUT2D eigenvalue weighted by Gasteiger charge is 1.89. The van der Waals surface area contributed by atoms with Gasteiger partial charge in [-0.1, -0.05) is 18.2 Å². The van der Waals surface area contributed by atoms with Gasteiger partial charge in [0.1, 0.15) is 5.69 Å². The number of benzene rings is 1. The van der Waals surface area contributed by atoms with Crippen LogP contribution in [0.15, 0.2) is 24.3 Å².